The molecular formula is C17H25BN5OS+. The van der Waals surface area contributed by atoms with Crippen molar-refractivity contribution in [2.75, 3.05) is 31.5 Å². The molecule has 3 N–H and O–H groups in total. The standard InChI is InChI=1S/C17H24BN5OS/c1-22-14-5-3-2-4-13(14)20-15(22)21-16(25)19-10-17(24)11-23(18)8-6-12(17)7-9-23/h2-5,12,24H,6-11,18H2,1H3,(H-,19,20,21,25)/p+1. The summed E-state index contributed by atoms with van der Waals surface area (Å²) in [5, 5.41) is 18.0. The third-order valence-electron chi connectivity index (χ3n) is 6.02. The van der Waals surface area contributed by atoms with Crippen LogP contribution in [0.5, 0.6) is 0 Å². The first-order chi connectivity index (χ1) is 11.9. The number of rotatable bonds is 3. The van der Waals surface area contributed by atoms with Crippen LogP contribution in [0.3, 0.4) is 0 Å². The summed E-state index contributed by atoms with van der Waals surface area (Å²) in [6, 6.07) is 7.99. The minimum Gasteiger partial charge on any atom is -0.397 e. The molecule has 1 aromatic heterocycles. The highest BCUT2D eigenvalue weighted by Crippen LogP contribution is 2.38. The normalized spacial score (nSPS) is 31.2. The Kier molecular flexibility index (Phi) is 4.01. The molecule has 5 rings (SSSR count). The molecule has 0 radical (unpaired) electrons. The molecule has 4 heterocycles. The van der Waals surface area contributed by atoms with Crippen LogP contribution in [0.25, 0.3) is 11.0 Å². The summed E-state index contributed by atoms with van der Waals surface area (Å²) in [6.45, 7) is 3.64. The number of imidazole rings is 1. The summed E-state index contributed by atoms with van der Waals surface area (Å²) < 4.78 is 2.96. The van der Waals surface area contributed by atoms with E-state index >= 15 is 0 Å². The van der Waals surface area contributed by atoms with Crippen molar-refractivity contribution in [1.29, 1.82) is 0 Å². The van der Waals surface area contributed by atoms with E-state index in [9.17, 15) is 5.11 Å². The first-order valence-electron chi connectivity index (χ1n) is 8.91. The van der Waals surface area contributed by atoms with Crippen LogP contribution in [-0.2, 0) is 7.05 Å². The summed E-state index contributed by atoms with van der Waals surface area (Å²) in [7, 11) is 4.21. The summed E-state index contributed by atoms with van der Waals surface area (Å²) >= 11 is 5.44. The van der Waals surface area contributed by atoms with E-state index in [2.05, 4.69) is 23.6 Å². The number of aliphatic hydroxyl groups is 1. The second-order valence-electron chi connectivity index (χ2n) is 7.89. The van der Waals surface area contributed by atoms with E-state index < -0.39 is 5.60 Å². The fraction of sp³-hybridized carbons (Fsp3) is 0.529. The number of thiocarbonyl (C=S) groups is 1. The third kappa shape index (κ3) is 3.03. The highest BCUT2D eigenvalue weighted by atomic mass is 32.1. The maximum absolute atomic E-state index is 11.1. The molecule has 0 saturated carbocycles. The molecule has 6 nitrogen and oxygen atoms in total. The molecule has 2 aromatic rings. The van der Waals surface area contributed by atoms with Gasteiger partial charge in [0.15, 0.2) is 5.11 Å². The number of aromatic nitrogens is 2. The number of fused-ring (bicyclic) bond motifs is 4. The van der Waals surface area contributed by atoms with Gasteiger partial charge in [-0.3, -0.25) is 0 Å². The molecule has 1 aromatic carbocycles. The van der Waals surface area contributed by atoms with Crippen molar-refractivity contribution in [3.8, 4) is 0 Å². The second kappa shape index (κ2) is 5.97. The number of aryl methyl sites for hydroxylation is 1. The van der Waals surface area contributed by atoms with Crippen LogP contribution in [0.15, 0.2) is 24.3 Å². The van der Waals surface area contributed by atoms with Crippen LogP contribution in [0.1, 0.15) is 12.8 Å². The van der Waals surface area contributed by atoms with Gasteiger partial charge in [-0.1, -0.05) is 12.1 Å². The van der Waals surface area contributed by atoms with Gasteiger partial charge in [0, 0.05) is 25.8 Å². The van der Waals surface area contributed by atoms with Gasteiger partial charge in [0.2, 0.25) is 5.95 Å². The van der Waals surface area contributed by atoms with Crippen molar-refractivity contribution in [3.05, 3.63) is 24.3 Å². The van der Waals surface area contributed by atoms with Crippen molar-refractivity contribution in [2.24, 2.45) is 13.0 Å². The number of quaternary nitrogens is 1. The number of para-hydroxylation sites is 2. The van der Waals surface area contributed by atoms with E-state index in [0.717, 1.165) is 34.8 Å². The molecule has 3 fully saturated rings. The zero-order valence-corrected chi connectivity index (χ0v) is 15.6. The second-order valence-corrected chi connectivity index (χ2v) is 8.30. The first kappa shape index (κ1) is 16.8. The Morgan fingerprint density at radius 3 is 2.84 bits per heavy atom. The zero-order valence-electron chi connectivity index (χ0n) is 14.8. The largest absolute Gasteiger partial charge is 0.397 e. The minimum atomic E-state index is -0.677. The lowest BCUT2D eigenvalue weighted by Gasteiger charge is -2.56. The topological polar surface area (TPSA) is 62.1 Å². The number of nitrogens with zero attached hydrogens (tertiary/aromatic N) is 3. The highest BCUT2D eigenvalue weighted by Gasteiger charge is 2.51. The molecule has 0 aliphatic carbocycles. The highest BCUT2D eigenvalue weighted by molar-refractivity contribution is 7.80. The first-order valence-corrected chi connectivity index (χ1v) is 9.32. The van der Waals surface area contributed by atoms with Crippen LogP contribution in [-0.4, -0.2) is 63.9 Å². The summed E-state index contributed by atoms with van der Waals surface area (Å²) in [5.74, 6) is 1.08. The number of benzene rings is 1. The lowest BCUT2D eigenvalue weighted by Crippen LogP contribution is -2.70. The Morgan fingerprint density at radius 1 is 1.44 bits per heavy atom. The average Bonchev–Trinajstić information content (AvgIpc) is 2.89. The summed E-state index contributed by atoms with van der Waals surface area (Å²) in [4.78, 5) is 4.57. The van der Waals surface area contributed by atoms with Gasteiger partial charge < -0.3 is 24.7 Å². The fourth-order valence-electron chi connectivity index (χ4n) is 4.51. The molecule has 132 valence electrons. The molecule has 0 amide bonds. The van der Waals surface area contributed by atoms with Gasteiger partial charge >= 0.3 is 7.98 Å². The van der Waals surface area contributed by atoms with Gasteiger partial charge in [0.05, 0.1) is 37.2 Å². The Bertz CT molecular complexity index is 816. The van der Waals surface area contributed by atoms with E-state index in [-0.39, 0.29) is 0 Å². The molecular weight excluding hydrogens is 333 g/mol. The number of anilines is 1. The zero-order chi connectivity index (χ0) is 17.7. The minimum absolute atomic E-state index is 0.374. The van der Waals surface area contributed by atoms with E-state index in [1.807, 2.05) is 35.9 Å². The predicted molar refractivity (Wildman–Crippen MR) is 106 cm³/mol. The third-order valence-corrected chi connectivity index (χ3v) is 6.26. The quantitative estimate of drug-likeness (QED) is 0.547. The molecule has 2 bridgehead atoms. The maximum Gasteiger partial charge on any atom is 0.372 e. The SMILES string of the molecule is B[N+]12CCC(CC1)C(O)(CNC(=S)Nc1nc3ccccc3n1C)C2. The van der Waals surface area contributed by atoms with Crippen LogP contribution in [0.4, 0.5) is 5.95 Å². The predicted octanol–water partition coefficient (Wildman–Crippen LogP) is 0.379. The smallest absolute Gasteiger partial charge is 0.372 e. The van der Waals surface area contributed by atoms with Gasteiger partial charge in [-0.2, -0.15) is 0 Å². The number of nitrogens with one attached hydrogen (secondary N) is 2. The van der Waals surface area contributed by atoms with E-state index in [0.29, 0.717) is 23.5 Å². The molecule has 1 unspecified atom stereocenters. The van der Waals surface area contributed by atoms with E-state index in [1.165, 1.54) is 13.1 Å². The molecule has 8 heteroatoms. The van der Waals surface area contributed by atoms with Crippen LogP contribution in [0, 0.1) is 5.92 Å². The van der Waals surface area contributed by atoms with Crippen molar-refractivity contribution >= 4 is 42.3 Å². The molecule has 3 aliphatic rings. The lowest BCUT2D eigenvalue weighted by molar-refractivity contribution is -0.846. The van der Waals surface area contributed by atoms with E-state index in [4.69, 9.17) is 12.2 Å². The van der Waals surface area contributed by atoms with Crippen LogP contribution in [0.2, 0.25) is 0 Å². The molecule has 1 atom stereocenters. The Morgan fingerprint density at radius 2 is 2.16 bits per heavy atom. The van der Waals surface area contributed by atoms with Gasteiger partial charge in [-0.15, -0.1) is 0 Å². The van der Waals surface area contributed by atoms with Gasteiger partial charge in [-0.05, 0) is 24.4 Å². The number of piperidine rings is 3. The Labute approximate surface area is 154 Å². The van der Waals surface area contributed by atoms with Crippen LogP contribution >= 0.6 is 12.2 Å². The van der Waals surface area contributed by atoms with E-state index in [1.54, 1.807) is 0 Å². The van der Waals surface area contributed by atoms with Crippen LogP contribution < -0.4 is 10.6 Å². The summed E-state index contributed by atoms with van der Waals surface area (Å²) in [6.07, 6.45) is 2.19. The molecule has 0 spiro atoms. The average molecular weight is 358 g/mol. The monoisotopic (exact) mass is 358 g/mol. The fourth-order valence-corrected chi connectivity index (χ4v) is 4.68. The van der Waals surface area contributed by atoms with Crippen molar-refractivity contribution in [1.82, 2.24) is 14.9 Å². The summed E-state index contributed by atoms with van der Waals surface area (Å²) in [5.41, 5.74) is 1.31. The van der Waals surface area contributed by atoms with Gasteiger partial charge in [0.25, 0.3) is 0 Å². The number of hydrogen-bond donors (Lipinski definition) is 3. The number of hydrogen-bond acceptors (Lipinski definition) is 3. The van der Waals surface area contributed by atoms with Gasteiger partial charge in [0.1, 0.15) is 5.60 Å². The molecule has 3 aliphatic heterocycles. The maximum atomic E-state index is 11.1. The molecule has 3 saturated heterocycles. The van der Waals surface area contributed by atoms with Crippen molar-refractivity contribution in [2.45, 2.75) is 18.4 Å². The molecule has 25 heavy (non-hydrogen) atoms. The lowest BCUT2D eigenvalue weighted by atomic mass is 9.72. The van der Waals surface area contributed by atoms with Crippen molar-refractivity contribution in [3.63, 3.8) is 0 Å². The van der Waals surface area contributed by atoms with Gasteiger partial charge in [-0.25, -0.2) is 4.98 Å². The van der Waals surface area contributed by atoms with Crippen molar-refractivity contribution < 1.29 is 9.50 Å². The Balaban J connectivity index is 1.41. The Hall–Kier alpha value is -1.64.